The molecule has 0 aliphatic carbocycles. The van der Waals surface area contributed by atoms with Crippen molar-refractivity contribution in [2.24, 2.45) is 5.92 Å². The minimum absolute atomic E-state index is 0.0264. The molecule has 1 N–H and O–H groups in total. The molecule has 2 aromatic carbocycles. The highest BCUT2D eigenvalue weighted by atomic mass is 16.5. The van der Waals surface area contributed by atoms with Crippen LogP contribution in [0.4, 0.5) is 0 Å². The molecule has 0 spiro atoms. The van der Waals surface area contributed by atoms with Crippen molar-refractivity contribution in [2.45, 2.75) is 39.8 Å². The zero-order valence-electron chi connectivity index (χ0n) is 19.1. The largest absolute Gasteiger partial charge is 0.496 e. The Hall–Kier alpha value is -3.12. The third-order valence-electron chi connectivity index (χ3n) is 6.16. The highest BCUT2D eigenvalue weighted by Gasteiger charge is 2.27. The van der Waals surface area contributed by atoms with E-state index in [1.165, 1.54) is 0 Å². The summed E-state index contributed by atoms with van der Waals surface area (Å²) in [6.07, 6.45) is 1.90. The van der Waals surface area contributed by atoms with Crippen molar-refractivity contribution in [1.29, 1.82) is 0 Å². The quantitative estimate of drug-likeness (QED) is 0.594. The van der Waals surface area contributed by atoms with Crippen LogP contribution in [-0.4, -0.2) is 36.0 Å². The number of likely N-dealkylation sites (tertiary alicyclic amines) is 1. The molecular weight excluding hydrogens is 402 g/mol. The molecule has 32 heavy (non-hydrogen) atoms. The molecule has 0 saturated carbocycles. The van der Waals surface area contributed by atoms with Crippen molar-refractivity contribution in [3.05, 3.63) is 71.1 Å². The molecular formula is C26H31N3O3. The second kappa shape index (κ2) is 10.0. The number of carbonyl (C=O) groups is 1. The lowest BCUT2D eigenvalue weighted by Crippen LogP contribution is -2.42. The summed E-state index contributed by atoms with van der Waals surface area (Å²) >= 11 is 0. The van der Waals surface area contributed by atoms with Crippen LogP contribution in [0.2, 0.25) is 0 Å². The van der Waals surface area contributed by atoms with E-state index in [9.17, 15) is 4.79 Å². The number of hydrogen-bond donors (Lipinski definition) is 1. The molecule has 6 heteroatoms. The van der Waals surface area contributed by atoms with Gasteiger partial charge >= 0.3 is 0 Å². The molecule has 1 aliphatic rings. The number of aromatic nitrogens is 1. The Labute approximate surface area is 189 Å². The van der Waals surface area contributed by atoms with Gasteiger partial charge in [0.15, 0.2) is 0 Å². The highest BCUT2D eigenvalue weighted by molar-refractivity contribution is 5.79. The van der Waals surface area contributed by atoms with Gasteiger partial charge in [-0.3, -0.25) is 9.69 Å². The number of benzene rings is 2. The molecule has 1 unspecified atom stereocenters. The summed E-state index contributed by atoms with van der Waals surface area (Å²) in [4.78, 5) is 19.9. The maximum absolute atomic E-state index is 12.8. The number of methoxy groups -OCH3 is 1. The fraction of sp³-hybridized carbons (Fsp3) is 0.385. The van der Waals surface area contributed by atoms with E-state index in [1.54, 1.807) is 7.11 Å². The van der Waals surface area contributed by atoms with E-state index in [0.29, 0.717) is 19.0 Å². The molecule has 168 valence electrons. The number of ether oxygens (including phenoxy) is 1. The van der Waals surface area contributed by atoms with Gasteiger partial charge in [0.2, 0.25) is 11.8 Å². The first kappa shape index (κ1) is 22.1. The second-order valence-corrected chi connectivity index (χ2v) is 8.44. The predicted molar refractivity (Wildman–Crippen MR) is 124 cm³/mol. The van der Waals surface area contributed by atoms with Gasteiger partial charge in [0.25, 0.3) is 0 Å². The fourth-order valence-electron chi connectivity index (χ4n) is 4.30. The number of para-hydroxylation sites is 1. The molecule has 4 rings (SSSR count). The van der Waals surface area contributed by atoms with E-state index in [2.05, 4.69) is 23.2 Å². The Kier molecular flexibility index (Phi) is 6.90. The van der Waals surface area contributed by atoms with Crippen molar-refractivity contribution in [1.82, 2.24) is 15.2 Å². The third-order valence-corrected chi connectivity index (χ3v) is 6.16. The Morgan fingerprint density at radius 3 is 2.78 bits per heavy atom. The highest BCUT2D eigenvalue weighted by Crippen LogP contribution is 2.26. The molecule has 0 radical (unpaired) electrons. The van der Waals surface area contributed by atoms with Gasteiger partial charge in [0, 0.05) is 30.8 Å². The summed E-state index contributed by atoms with van der Waals surface area (Å²) in [7, 11) is 1.65. The van der Waals surface area contributed by atoms with Crippen molar-refractivity contribution < 1.29 is 13.9 Å². The van der Waals surface area contributed by atoms with E-state index in [4.69, 9.17) is 14.1 Å². The van der Waals surface area contributed by atoms with Crippen LogP contribution in [0, 0.1) is 19.8 Å². The van der Waals surface area contributed by atoms with Crippen LogP contribution < -0.4 is 10.1 Å². The van der Waals surface area contributed by atoms with Gasteiger partial charge in [-0.05, 0) is 50.9 Å². The Balaban J connectivity index is 1.37. The molecule has 6 nitrogen and oxygen atoms in total. The van der Waals surface area contributed by atoms with Crippen LogP contribution in [0.5, 0.6) is 5.75 Å². The first-order chi connectivity index (χ1) is 15.5. The smallest absolute Gasteiger partial charge is 0.226 e. The second-order valence-electron chi connectivity index (χ2n) is 8.44. The number of aryl methyl sites for hydroxylation is 2. The lowest BCUT2D eigenvalue weighted by atomic mass is 9.97. The van der Waals surface area contributed by atoms with Gasteiger partial charge < -0.3 is 14.5 Å². The molecule has 0 bridgehead atoms. The van der Waals surface area contributed by atoms with Gasteiger partial charge in [0.1, 0.15) is 11.5 Å². The van der Waals surface area contributed by atoms with E-state index in [-0.39, 0.29) is 11.8 Å². The first-order valence-electron chi connectivity index (χ1n) is 11.2. The molecule has 1 fully saturated rings. The van der Waals surface area contributed by atoms with Crippen molar-refractivity contribution in [3.8, 4) is 17.2 Å². The number of amides is 1. The normalized spacial score (nSPS) is 16.7. The average molecular weight is 434 g/mol. The average Bonchev–Trinajstić information content (AvgIpc) is 3.17. The van der Waals surface area contributed by atoms with Gasteiger partial charge in [-0.2, -0.15) is 0 Å². The lowest BCUT2D eigenvalue weighted by molar-refractivity contribution is -0.127. The van der Waals surface area contributed by atoms with Crippen LogP contribution >= 0.6 is 0 Å². The molecule has 2 heterocycles. The van der Waals surface area contributed by atoms with Crippen molar-refractivity contribution in [2.75, 3.05) is 20.2 Å². The van der Waals surface area contributed by atoms with Crippen LogP contribution in [0.1, 0.15) is 35.4 Å². The third kappa shape index (κ3) is 5.02. The molecule has 1 atom stereocenters. The molecule has 1 aromatic heterocycles. The van der Waals surface area contributed by atoms with Gasteiger partial charge in [0.05, 0.1) is 18.7 Å². The Morgan fingerprint density at radius 1 is 1.19 bits per heavy atom. The first-order valence-corrected chi connectivity index (χ1v) is 11.2. The van der Waals surface area contributed by atoms with Crippen LogP contribution in [0.15, 0.2) is 52.9 Å². The molecule has 3 aromatic rings. The Morgan fingerprint density at radius 2 is 1.97 bits per heavy atom. The summed E-state index contributed by atoms with van der Waals surface area (Å²) in [5, 5.41) is 3.09. The van der Waals surface area contributed by atoms with Gasteiger partial charge in [-0.25, -0.2) is 4.98 Å². The van der Waals surface area contributed by atoms with Crippen LogP contribution in [-0.2, 0) is 17.9 Å². The van der Waals surface area contributed by atoms with E-state index >= 15 is 0 Å². The van der Waals surface area contributed by atoms with Crippen molar-refractivity contribution >= 4 is 5.91 Å². The van der Waals surface area contributed by atoms with E-state index in [1.807, 2.05) is 49.4 Å². The minimum atomic E-state index is -0.0264. The number of nitrogens with zero attached hydrogens (tertiary/aromatic N) is 2. The summed E-state index contributed by atoms with van der Waals surface area (Å²) < 4.78 is 11.4. The lowest BCUT2D eigenvalue weighted by Gasteiger charge is -2.31. The van der Waals surface area contributed by atoms with E-state index in [0.717, 1.165) is 59.8 Å². The summed E-state index contributed by atoms with van der Waals surface area (Å²) in [6, 6.07) is 15.9. The minimum Gasteiger partial charge on any atom is -0.496 e. The van der Waals surface area contributed by atoms with Crippen LogP contribution in [0.25, 0.3) is 11.5 Å². The number of piperidine rings is 1. The van der Waals surface area contributed by atoms with Crippen LogP contribution in [0.3, 0.4) is 0 Å². The van der Waals surface area contributed by atoms with Gasteiger partial charge in [-0.1, -0.05) is 36.4 Å². The monoisotopic (exact) mass is 433 g/mol. The molecule has 1 aliphatic heterocycles. The van der Waals surface area contributed by atoms with Crippen molar-refractivity contribution in [3.63, 3.8) is 0 Å². The summed E-state index contributed by atoms with van der Waals surface area (Å²) in [5.41, 5.74) is 4.09. The maximum atomic E-state index is 12.8. The zero-order chi connectivity index (χ0) is 22.5. The van der Waals surface area contributed by atoms with E-state index < -0.39 is 0 Å². The standard InChI is InChI=1S/C26H31N3O3/c1-18-9-4-6-12-22(18)26-28-23(19(2)32-26)17-29-14-8-11-21(16-29)25(30)27-15-20-10-5-7-13-24(20)31-3/h4-7,9-10,12-13,21H,8,11,14-17H2,1-3H3,(H,27,30). The maximum Gasteiger partial charge on any atom is 0.226 e. The van der Waals surface area contributed by atoms with Gasteiger partial charge in [-0.15, -0.1) is 0 Å². The molecule has 1 amide bonds. The fourth-order valence-corrected chi connectivity index (χ4v) is 4.30. The molecule has 1 saturated heterocycles. The summed E-state index contributed by atoms with van der Waals surface area (Å²) in [5.74, 6) is 2.37. The topological polar surface area (TPSA) is 67.6 Å². The summed E-state index contributed by atoms with van der Waals surface area (Å²) in [6.45, 7) is 6.88. The number of hydrogen-bond acceptors (Lipinski definition) is 5. The number of nitrogens with one attached hydrogen (secondary N) is 1. The zero-order valence-corrected chi connectivity index (χ0v) is 19.1. The number of rotatable bonds is 7. The SMILES string of the molecule is COc1ccccc1CNC(=O)C1CCCN(Cc2nc(-c3ccccc3C)oc2C)C1. The number of carbonyl (C=O) groups excluding carboxylic acids is 1. The predicted octanol–water partition coefficient (Wildman–Crippen LogP) is 4.50. The Bertz CT molecular complexity index is 1080. The number of oxazole rings is 1.